The van der Waals surface area contributed by atoms with Gasteiger partial charge in [0.15, 0.2) is 5.13 Å². The Labute approximate surface area is 127 Å². The molecule has 0 radical (unpaired) electrons. The molecule has 1 aromatic heterocycles. The van der Waals surface area contributed by atoms with E-state index in [1.807, 2.05) is 42.6 Å². The van der Waals surface area contributed by atoms with E-state index in [2.05, 4.69) is 10.3 Å². The number of hydrogen-bond acceptors (Lipinski definition) is 4. The Morgan fingerprint density at radius 3 is 2.71 bits per heavy atom. The smallest absolute Gasteiger partial charge is 0.250 e. The highest BCUT2D eigenvalue weighted by Crippen LogP contribution is 2.26. The number of nitrogens with one attached hydrogen (secondary N) is 1. The Balaban J connectivity index is 2.05. The highest BCUT2D eigenvalue weighted by molar-refractivity contribution is 7.14. The van der Waals surface area contributed by atoms with Crippen molar-refractivity contribution in [2.24, 2.45) is 0 Å². The van der Waals surface area contributed by atoms with Crippen LogP contribution in [0, 0.1) is 0 Å². The van der Waals surface area contributed by atoms with E-state index in [9.17, 15) is 4.79 Å². The van der Waals surface area contributed by atoms with Crippen LogP contribution in [0.25, 0.3) is 11.3 Å². The van der Waals surface area contributed by atoms with Gasteiger partial charge in [0.05, 0.1) is 12.8 Å². The van der Waals surface area contributed by atoms with Crippen molar-refractivity contribution < 1.29 is 9.53 Å². The molecule has 0 aliphatic rings. The molecule has 0 aliphatic carbocycles. The number of aromatic nitrogens is 1. The van der Waals surface area contributed by atoms with E-state index < -0.39 is 0 Å². The van der Waals surface area contributed by atoms with Crippen molar-refractivity contribution in [3.63, 3.8) is 0 Å². The number of anilines is 1. The summed E-state index contributed by atoms with van der Waals surface area (Å²) in [6.45, 7) is 1.89. The monoisotopic (exact) mass is 300 g/mol. The minimum absolute atomic E-state index is 0.191. The van der Waals surface area contributed by atoms with Crippen molar-refractivity contribution in [2.75, 3.05) is 12.4 Å². The summed E-state index contributed by atoms with van der Waals surface area (Å²) in [5.74, 6) is 0.611. The maximum Gasteiger partial charge on any atom is 0.250 e. The molecular weight excluding hydrogens is 284 g/mol. The maximum atomic E-state index is 11.6. The molecule has 2 rings (SSSR count). The molecule has 1 amide bonds. The van der Waals surface area contributed by atoms with Crippen LogP contribution in [0.15, 0.2) is 53.9 Å². The Morgan fingerprint density at radius 1 is 1.29 bits per heavy atom. The minimum Gasteiger partial charge on any atom is -0.497 e. The molecule has 2 aromatic rings. The second kappa shape index (κ2) is 7.40. The third-order valence-electron chi connectivity index (χ3n) is 2.67. The van der Waals surface area contributed by atoms with Crippen molar-refractivity contribution in [2.45, 2.75) is 6.92 Å². The van der Waals surface area contributed by atoms with Gasteiger partial charge in [-0.3, -0.25) is 10.1 Å². The number of nitrogens with zero attached hydrogens (tertiary/aromatic N) is 1. The van der Waals surface area contributed by atoms with Gasteiger partial charge in [-0.15, -0.1) is 11.3 Å². The van der Waals surface area contributed by atoms with Crippen molar-refractivity contribution in [3.05, 3.63) is 53.9 Å². The van der Waals surface area contributed by atoms with Gasteiger partial charge in [0.2, 0.25) is 5.91 Å². The number of hydrogen-bond donors (Lipinski definition) is 1. The van der Waals surface area contributed by atoms with E-state index in [4.69, 9.17) is 4.74 Å². The number of carbonyl (C=O) groups excluding carboxylic acids is 1. The zero-order valence-corrected chi connectivity index (χ0v) is 12.7. The SMILES string of the molecule is C/C=C/C=C/C(=O)Nc1nc(-c2ccc(OC)cc2)cs1. The quantitative estimate of drug-likeness (QED) is 0.673. The number of amides is 1. The van der Waals surface area contributed by atoms with Crippen LogP contribution in [0.3, 0.4) is 0 Å². The molecule has 0 unspecified atom stereocenters. The second-order valence-electron chi connectivity index (χ2n) is 4.14. The van der Waals surface area contributed by atoms with Crippen LogP contribution in [-0.4, -0.2) is 18.0 Å². The molecule has 1 aromatic carbocycles. The molecule has 4 nitrogen and oxygen atoms in total. The van der Waals surface area contributed by atoms with Crippen LogP contribution in [-0.2, 0) is 4.79 Å². The molecule has 5 heteroatoms. The molecule has 0 spiro atoms. The van der Waals surface area contributed by atoms with Crippen LogP contribution in [0.1, 0.15) is 6.92 Å². The lowest BCUT2D eigenvalue weighted by molar-refractivity contribution is -0.111. The molecule has 1 heterocycles. The number of thiazole rings is 1. The van der Waals surface area contributed by atoms with E-state index in [1.165, 1.54) is 17.4 Å². The lowest BCUT2D eigenvalue weighted by Crippen LogP contribution is -2.07. The molecule has 0 saturated carbocycles. The first-order chi connectivity index (χ1) is 10.2. The van der Waals surface area contributed by atoms with Crippen LogP contribution in [0.2, 0.25) is 0 Å². The highest BCUT2D eigenvalue weighted by atomic mass is 32.1. The normalized spacial score (nSPS) is 11.1. The van der Waals surface area contributed by atoms with Gasteiger partial charge < -0.3 is 4.74 Å². The summed E-state index contributed by atoms with van der Waals surface area (Å²) in [4.78, 5) is 16.0. The summed E-state index contributed by atoms with van der Waals surface area (Å²) < 4.78 is 5.12. The Bertz CT molecular complexity index is 657. The van der Waals surface area contributed by atoms with Gasteiger partial charge in [0, 0.05) is 17.0 Å². The predicted octanol–water partition coefficient (Wildman–Crippen LogP) is 3.89. The van der Waals surface area contributed by atoms with Crippen LogP contribution >= 0.6 is 11.3 Å². The average molecular weight is 300 g/mol. The summed E-state index contributed by atoms with van der Waals surface area (Å²) in [5.41, 5.74) is 1.81. The first kappa shape index (κ1) is 15.0. The third kappa shape index (κ3) is 4.29. The number of rotatable bonds is 5. The fourth-order valence-electron chi connectivity index (χ4n) is 1.63. The molecule has 0 saturated heterocycles. The first-order valence-corrected chi connectivity index (χ1v) is 7.31. The Morgan fingerprint density at radius 2 is 2.05 bits per heavy atom. The molecule has 0 bridgehead atoms. The lowest BCUT2D eigenvalue weighted by atomic mass is 10.2. The van der Waals surface area contributed by atoms with Crippen LogP contribution in [0.5, 0.6) is 5.75 Å². The maximum absolute atomic E-state index is 11.6. The minimum atomic E-state index is -0.191. The first-order valence-electron chi connectivity index (χ1n) is 6.43. The summed E-state index contributed by atoms with van der Waals surface area (Å²) in [6, 6.07) is 7.64. The van der Waals surface area contributed by atoms with Crippen molar-refractivity contribution in [3.8, 4) is 17.0 Å². The molecule has 0 aliphatic heterocycles. The standard InChI is InChI=1S/C16H16N2O2S/c1-3-4-5-6-15(19)18-16-17-14(11-21-16)12-7-9-13(20-2)10-8-12/h3-11H,1-2H3,(H,17,18,19)/b4-3+,6-5+. The molecular formula is C16H16N2O2S. The third-order valence-corrected chi connectivity index (χ3v) is 3.43. The van der Waals surface area contributed by atoms with Gasteiger partial charge >= 0.3 is 0 Å². The van der Waals surface area contributed by atoms with Crippen molar-refractivity contribution in [1.82, 2.24) is 4.98 Å². The molecule has 0 atom stereocenters. The van der Waals surface area contributed by atoms with Gasteiger partial charge in [-0.1, -0.05) is 18.2 Å². The topological polar surface area (TPSA) is 51.2 Å². The van der Waals surface area contributed by atoms with Crippen LogP contribution in [0.4, 0.5) is 5.13 Å². The van der Waals surface area contributed by atoms with E-state index in [-0.39, 0.29) is 5.91 Å². The molecule has 21 heavy (non-hydrogen) atoms. The van der Waals surface area contributed by atoms with Gasteiger partial charge in [0.25, 0.3) is 0 Å². The number of carbonyl (C=O) groups is 1. The molecule has 1 N–H and O–H groups in total. The van der Waals surface area contributed by atoms with Crippen LogP contribution < -0.4 is 10.1 Å². The average Bonchev–Trinajstić information content (AvgIpc) is 2.96. The van der Waals surface area contributed by atoms with Gasteiger partial charge in [0.1, 0.15) is 5.75 Å². The van der Waals surface area contributed by atoms with E-state index in [0.29, 0.717) is 5.13 Å². The fraction of sp³-hybridized carbons (Fsp3) is 0.125. The zero-order chi connectivity index (χ0) is 15.1. The molecule has 108 valence electrons. The van der Waals surface area contributed by atoms with E-state index in [0.717, 1.165) is 17.0 Å². The van der Waals surface area contributed by atoms with E-state index >= 15 is 0 Å². The van der Waals surface area contributed by atoms with Gasteiger partial charge in [-0.2, -0.15) is 0 Å². The number of methoxy groups -OCH3 is 1. The lowest BCUT2D eigenvalue weighted by Gasteiger charge is -2.00. The number of ether oxygens (including phenoxy) is 1. The van der Waals surface area contributed by atoms with E-state index in [1.54, 1.807) is 19.3 Å². The second-order valence-corrected chi connectivity index (χ2v) is 5.00. The summed E-state index contributed by atoms with van der Waals surface area (Å²) in [5, 5.41) is 5.23. The van der Waals surface area contributed by atoms with Gasteiger partial charge in [-0.05, 0) is 31.2 Å². The molecule has 0 fully saturated rings. The highest BCUT2D eigenvalue weighted by Gasteiger charge is 2.06. The fourth-order valence-corrected chi connectivity index (χ4v) is 2.35. The largest absolute Gasteiger partial charge is 0.497 e. The van der Waals surface area contributed by atoms with Crippen molar-refractivity contribution >= 4 is 22.4 Å². The number of benzene rings is 1. The summed E-state index contributed by atoms with van der Waals surface area (Å²) >= 11 is 1.40. The Kier molecular flexibility index (Phi) is 5.29. The van der Waals surface area contributed by atoms with Crippen molar-refractivity contribution in [1.29, 1.82) is 0 Å². The summed E-state index contributed by atoms with van der Waals surface area (Å²) in [6.07, 6.45) is 6.81. The Hall–Kier alpha value is -2.40. The predicted molar refractivity (Wildman–Crippen MR) is 86.7 cm³/mol. The zero-order valence-electron chi connectivity index (χ0n) is 11.9. The van der Waals surface area contributed by atoms with Gasteiger partial charge in [-0.25, -0.2) is 4.98 Å². The number of allylic oxidation sites excluding steroid dienone is 3. The summed E-state index contributed by atoms with van der Waals surface area (Å²) in [7, 11) is 1.63.